The minimum atomic E-state index is -0.164. The summed E-state index contributed by atoms with van der Waals surface area (Å²) in [6.45, 7) is 4.45. The monoisotopic (exact) mass is 353 g/mol. The van der Waals surface area contributed by atoms with Gasteiger partial charge in [0.1, 0.15) is 5.75 Å². The first-order valence-electron chi connectivity index (χ1n) is 8.70. The number of hydrogen-bond donors (Lipinski definition) is 1. The molecular formula is C18H19N5O3. The topological polar surface area (TPSA) is 104 Å². The average Bonchev–Trinajstić information content (AvgIpc) is 3.13. The molecule has 3 fully saturated rings. The molecule has 0 aliphatic carbocycles. The number of amides is 1. The van der Waals surface area contributed by atoms with Gasteiger partial charge in [-0.3, -0.25) is 9.69 Å². The number of fused-ring (bicyclic) bond motifs is 3. The molecule has 2 atom stereocenters. The summed E-state index contributed by atoms with van der Waals surface area (Å²) in [5.74, 6) is 0.772. The number of hydrogen-bond acceptors (Lipinski definition) is 7. The molecule has 4 heterocycles. The van der Waals surface area contributed by atoms with Crippen molar-refractivity contribution in [1.82, 2.24) is 20.4 Å². The number of nitriles is 1. The van der Waals surface area contributed by atoms with E-state index in [1.807, 2.05) is 0 Å². The number of carbonyl (C=O) groups excluding carboxylic acids is 1. The number of nitrogens with one attached hydrogen (secondary N) is 1. The summed E-state index contributed by atoms with van der Waals surface area (Å²) in [6, 6.07) is 9.01. The van der Waals surface area contributed by atoms with Gasteiger partial charge >= 0.3 is 12.0 Å². The second-order valence-corrected chi connectivity index (χ2v) is 6.72. The van der Waals surface area contributed by atoms with Crippen molar-refractivity contribution in [2.45, 2.75) is 31.8 Å². The lowest BCUT2D eigenvalue weighted by Crippen LogP contribution is -2.62. The van der Waals surface area contributed by atoms with Crippen molar-refractivity contribution in [3.63, 3.8) is 0 Å². The van der Waals surface area contributed by atoms with Gasteiger partial charge in [-0.1, -0.05) is 10.2 Å². The van der Waals surface area contributed by atoms with Gasteiger partial charge in [-0.2, -0.15) is 5.26 Å². The molecule has 0 spiro atoms. The van der Waals surface area contributed by atoms with Crippen molar-refractivity contribution in [2.24, 2.45) is 5.92 Å². The number of ether oxygens (including phenoxy) is 1. The van der Waals surface area contributed by atoms with E-state index in [0.717, 1.165) is 25.9 Å². The number of aromatic nitrogens is 2. The van der Waals surface area contributed by atoms with Crippen LogP contribution in [0.1, 0.15) is 36.0 Å². The molecule has 3 aliphatic rings. The molecule has 3 aliphatic heterocycles. The zero-order chi connectivity index (χ0) is 18.1. The lowest BCUT2D eigenvalue weighted by atomic mass is 9.79. The molecular weight excluding hydrogens is 334 g/mol. The number of benzene rings is 1. The van der Waals surface area contributed by atoms with Gasteiger partial charge in [0.15, 0.2) is 6.07 Å². The summed E-state index contributed by atoms with van der Waals surface area (Å²) in [4.78, 5) is 15.0. The normalized spacial score (nSPS) is 26.9. The fourth-order valence-corrected chi connectivity index (χ4v) is 3.85. The van der Waals surface area contributed by atoms with Gasteiger partial charge in [0.05, 0.1) is 0 Å². The molecule has 0 unspecified atom stereocenters. The molecule has 134 valence electrons. The maximum atomic E-state index is 12.6. The fourth-order valence-electron chi connectivity index (χ4n) is 3.85. The predicted molar refractivity (Wildman–Crippen MR) is 90.5 cm³/mol. The van der Waals surface area contributed by atoms with Crippen molar-refractivity contribution in [1.29, 1.82) is 5.26 Å². The molecule has 3 saturated heterocycles. The van der Waals surface area contributed by atoms with Crippen molar-refractivity contribution in [3.05, 3.63) is 35.7 Å². The molecule has 1 amide bonds. The van der Waals surface area contributed by atoms with Crippen LogP contribution in [-0.4, -0.2) is 46.2 Å². The van der Waals surface area contributed by atoms with E-state index in [-0.39, 0.29) is 23.9 Å². The van der Waals surface area contributed by atoms with Crippen LogP contribution >= 0.6 is 0 Å². The van der Waals surface area contributed by atoms with Crippen LogP contribution < -0.4 is 10.1 Å². The average molecular weight is 353 g/mol. The van der Waals surface area contributed by atoms with Gasteiger partial charge in [-0.25, -0.2) is 0 Å². The Hall–Kier alpha value is -2.92. The third-order valence-electron chi connectivity index (χ3n) is 5.30. The number of nitrogens with zero attached hydrogens (tertiary/aromatic N) is 4. The van der Waals surface area contributed by atoms with Gasteiger partial charge in [-0.15, -0.1) is 0 Å². The van der Waals surface area contributed by atoms with E-state index in [4.69, 9.17) is 14.4 Å². The van der Waals surface area contributed by atoms with E-state index in [1.165, 1.54) is 0 Å². The summed E-state index contributed by atoms with van der Waals surface area (Å²) >= 11 is 0. The first kappa shape index (κ1) is 16.5. The third-order valence-corrected chi connectivity index (χ3v) is 5.30. The third kappa shape index (κ3) is 3.13. The highest BCUT2D eigenvalue weighted by Gasteiger charge is 2.40. The van der Waals surface area contributed by atoms with E-state index < -0.39 is 0 Å². The Labute approximate surface area is 150 Å². The quantitative estimate of drug-likeness (QED) is 0.895. The maximum absolute atomic E-state index is 12.6. The lowest BCUT2D eigenvalue weighted by Gasteiger charge is -2.49. The number of rotatable bonds is 4. The molecule has 8 heteroatoms. The molecule has 2 aromatic rings. The van der Waals surface area contributed by atoms with Crippen LogP contribution in [0, 0.1) is 17.2 Å². The summed E-state index contributed by atoms with van der Waals surface area (Å²) in [6.07, 6.45) is 2.19. The van der Waals surface area contributed by atoms with E-state index in [9.17, 15) is 4.79 Å². The predicted octanol–water partition coefficient (Wildman–Crippen LogP) is 1.95. The fraction of sp³-hybridized carbons (Fsp3) is 0.444. The summed E-state index contributed by atoms with van der Waals surface area (Å²) in [7, 11) is 0. The summed E-state index contributed by atoms with van der Waals surface area (Å²) in [5, 5.41) is 19.0. The van der Waals surface area contributed by atoms with Crippen LogP contribution in [0.5, 0.6) is 11.8 Å². The van der Waals surface area contributed by atoms with Crippen LogP contribution in [0.25, 0.3) is 0 Å². The minimum Gasteiger partial charge on any atom is -0.410 e. The zero-order valence-corrected chi connectivity index (χ0v) is 14.4. The number of piperidine rings is 3. The largest absolute Gasteiger partial charge is 0.421 e. The highest BCUT2D eigenvalue weighted by molar-refractivity contribution is 5.94. The second-order valence-electron chi connectivity index (χ2n) is 6.72. The van der Waals surface area contributed by atoms with Crippen molar-refractivity contribution in [3.8, 4) is 17.9 Å². The van der Waals surface area contributed by atoms with Crippen molar-refractivity contribution < 1.29 is 13.9 Å². The van der Waals surface area contributed by atoms with Crippen molar-refractivity contribution >= 4 is 5.91 Å². The Kier molecular flexibility index (Phi) is 4.31. The van der Waals surface area contributed by atoms with E-state index >= 15 is 0 Å². The molecule has 0 radical (unpaired) electrons. The van der Waals surface area contributed by atoms with E-state index in [2.05, 4.69) is 27.3 Å². The van der Waals surface area contributed by atoms with Crippen LogP contribution in [0.3, 0.4) is 0 Å². The zero-order valence-electron chi connectivity index (χ0n) is 14.4. The molecule has 0 saturated carbocycles. The Bertz CT molecular complexity index is 831. The second kappa shape index (κ2) is 6.77. The first-order chi connectivity index (χ1) is 12.6. The van der Waals surface area contributed by atoms with Crippen molar-refractivity contribution in [2.75, 3.05) is 13.1 Å². The van der Waals surface area contributed by atoms with Gasteiger partial charge in [0.25, 0.3) is 5.91 Å². The Morgan fingerprint density at radius 1 is 1.31 bits per heavy atom. The van der Waals surface area contributed by atoms with E-state index in [0.29, 0.717) is 23.3 Å². The van der Waals surface area contributed by atoms with Crippen LogP contribution in [0.2, 0.25) is 0 Å². The molecule has 5 rings (SSSR count). The van der Waals surface area contributed by atoms with Gasteiger partial charge in [-0.05, 0) is 63.0 Å². The van der Waals surface area contributed by atoms with Gasteiger partial charge in [0, 0.05) is 17.6 Å². The Morgan fingerprint density at radius 3 is 2.65 bits per heavy atom. The SMILES string of the molecule is C[C@H]1[C@H](NC(=O)c2ccc(Oc3nnc(C#N)o3)cc2)C2CCN1CC2. The molecule has 1 aromatic heterocycles. The highest BCUT2D eigenvalue weighted by Crippen LogP contribution is 2.32. The molecule has 26 heavy (non-hydrogen) atoms. The highest BCUT2D eigenvalue weighted by atomic mass is 16.6. The van der Waals surface area contributed by atoms with Crippen LogP contribution in [0.15, 0.2) is 28.7 Å². The Morgan fingerprint density at radius 2 is 2.04 bits per heavy atom. The molecule has 1 aromatic carbocycles. The smallest absolute Gasteiger partial charge is 0.410 e. The van der Waals surface area contributed by atoms with Crippen LogP contribution in [0.4, 0.5) is 0 Å². The maximum Gasteiger partial charge on any atom is 0.421 e. The van der Waals surface area contributed by atoms with E-state index in [1.54, 1.807) is 30.3 Å². The van der Waals surface area contributed by atoms with Gasteiger partial charge < -0.3 is 14.5 Å². The molecule has 8 nitrogen and oxygen atoms in total. The molecule has 1 N–H and O–H groups in total. The van der Waals surface area contributed by atoms with Gasteiger partial charge in [0.2, 0.25) is 0 Å². The summed E-state index contributed by atoms with van der Waals surface area (Å²) < 4.78 is 10.3. The van der Waals surface area contributed by atoms with Crippen LogP contribution in [-0.2, 0) is 0 Å². The standard InChI is InChI=1S/C18H19N5O3/c1-11-16(12-6-8-23(11)9-7-12)20-17(24)13-2-4-14(5-3-13)25-18-22-21-15(10-19)26-18/h2-5,11-12,16H,6-9H2,1H3,(H,20,24)/t11-,16-/m0/s1. The number of carbonyl (C=O) groups is 1. The Balaban J connectivity index is 1.40. The first-order valence-corrected chi connectivity index (χ1v) is 8.70. The summed E-state index contributed by atoms with van der Waals surface area (Å²) in [5.41, 5.74) is 0.573. The lowest BCUT2D eigenvalue weighted by molar-refractivity contribution is 0.0217. The minimum absolute atomic E-state index is 0.0771. The molecule has 2 bridgehead atoms.